The highest BCUT2D eigenvalue weighted by Gasteiger charge is 2.36. The van der Waals surface area contributed by atoms with Crippen LogP contribution in [0.5, 0.6) is 17.2 Å². The summed E-state index contributed by atoms with van der Waals surface area (Å²) in [6.45, 7) is 4.29. The zero-order valence-electron chi connectivity index (χ0n) is 20.5. The Labute approximate surface area is 219 Å². The van der Waals surface area contributed by atoms with Crippen LogP contribution in [-0.4, -0.2) is 38.2 Å². The zero-order valence-corrected chi connectivity index (χ0v) is 21.3. The summed E-state index contributed by atoms with van der Waals surface area (Å²) in [6, 6.07) is 16.8. The van der Waals surface area contributed by atoms with Gasteiger partial charge in [0, 0.05) is 0 Å². The van der Waals surface area contributed by atoms with Crippen molar-refractivity contribution in [3.63, 3.8) is 0 Å². The topological polar surface area (TPSA) is 94.2 Å². The van der Waals surface area contributed by atoms with Crippen LogP contribution in [0.2, 0.25) is 5.02 Å². The van der Waals surface area contributed by atoms with Crippen LogP contribution in [0.15, 0.2) is 66.2 Å². The van der Waals surface area contributed by atoms with E-state index in [9.17, 15) is 14.4 Å². The number of methoxy groups -OCH3 is 1. The van der Waals surface area contributed by atoms with Crippen molar-refractivity contribution in [1.29, 1.82) is 0 Å². The smallest absolute Gasteiger partial charge is 0.335 e. The maximum atomic E-state index is 13.2. The fraction of sp³-hybridized carbons (Fsp3) is 0.179. The number of aryl methyl sites for hydroxylation is 2. The summed E-state index contributed by atoms with van der Waals surface area (Å²) in [6.07, 6.45) is 1.35. The largest absolute Gasteiger partial charge is 0.493 e. The first-order valence-electron chi connectivity index (χ1n) is 11.5. The lowest BCUT2D eigenvalue weighted by atomic mass is 10.1. The molecule has 3 aromatic rings. The maximum Gasteiger partial charge on any atom is 0.335 e. The van der Waals surface area contributed by atoms with E-state index in [1.807, 2.05) is 44.2 Å². The summed E-state index contributed by atoms with van der Waals surface area (Å²) in [7, 11) is 1.45. The highest BCUT2D eigenvalue weighted by atomic mass is 35.5. The van der Waals surface area contributed by atoms with E-state index < -0.39 is 17.8 Å². The van der Waals surface area contributed by atoms with Gasteiger partial charge in [0.25, 0.3) is 11.8 Å². The second-order valence-corrected chi connectivity index (χ2v) is 8.70. The first kappa shape index (κ1) is 25.8. The summed E-state index contributed by atoms with van der Waals surface area (Å²) in [4.78, 5) is 39.0. The average molecular weight is 521 g/mol. The molecule has 1 aliphatic rings. The minimum absolute atomic E-state index is 0.208. The van der Waals surface area contributed by atoms with Crippen LogP contribution >= 0.6 is 11.6 Å². The Bertz CT molecular complexity index is 1400. The fourth-order valence-electron chi connectivity index (χ4n) is 3.80. The average Bonchev–Trinajstić information content (AvgIpc) is 2.86. The van der Waals surface area contributed by atoms with Crippen molar-refractivity contribution >= 4 is 41.2 Å². The van der Waals surface area contributed by atoms with E-state index in [-0.39, 0.29) is 23.8 Å². The lowest BCUT2D eigenvalue weighted by Gasteiger charge is -2.26. The highest BCUT2D eigenvalue weighted by Crippen LogP contribution is 2.37. The third-order valence-corrected chi connectivity index (χ3v) is 5.89. The molecule has 9 heteroatoms. The van der Waals surface area contributed by atoms with Crippen molar-refractivity contribution in [3.8, 4) is 17.2 Å². The summed E-state index contributed by atoms with van der Waals surface area (Å²) in [5, 5.41) is 2.43. The molecule has 1 fully saturated rings. The van der Waals surface area contributed by atoms with Gasteiger partial charge in [0.1, 0.15) is 24.5 Å². The number of anilines is 1. The molecule has 1 saturated heterocycles. The molecular weight excluding hydrogens is 496 g/mol. The van der Waals surface area contributed by atoms with Crippen molar-refractivity contribution in [2.75, 3.05) is 25.2 Å². The number of benzene rings is 3. The van der Waals surface area contributed by atoms with Crippen LogP contribution in [0, 0.1) is 13.8 Å². The van der Waals surface area contributed by atoms with Gasteiger partial charge in [-0.15, -0.1) is 0 Å². The molecule has 4 amide bonds. The highest BCUT2D eigenvalue weighted by molar-refractivity contribution is 6.39. The molecule has 3 aromatic carbocycles. The molecule has 1 heterocycles. The van der Waals surface area contributed by atoms with Gasteiger partial charge < -0.3 is 14.2 Å². The molecule has 0 saturated carbocycles. The van der Waals surface area contributed by atoms with E-state index in [4.69, 9.17) is 25.8 Å². The van der Waals surface area contributed by atoms with Crippen molar-refractivity contribution in [2.45, 2.75) is 13.8 Å². The number of carbonyl (C=O) groups is 3. The fourth-order valence-corrected chi connectivity index (χ4v) is 4.08. The number of imide groups is 2. The molecule has 0 atom stereocenters. The Hall–Kier alpha value is -4.30. The lowest BCUT2D eigenvalue weighted by Crippen LogP contribution is -2.54. The van der Waals surface area contributed by atoms with Crippen molar-refractivity contribution in [2.24, 2.45) is 0 Å². The second-order valence-electron chi connectivity index (χ2n) is 8.29. The first-order valence-corrected chi connectivity index (χ1v) is 11.8. The number of halogens is 1. The number of ether oxygens (including phenoxy) is 3. The van der Waals surface area contributed by atoms with Crippen molar-refractivity contribution < 1.29 is 28.6 Å². The van der Waals surface area contributed by atoms with Gasteiger partial charge in [0.2, 0.25) is 0 Å². The Balaban J connectivity index is 1.54. The van der Waals surface area contributed by atoms with E-state index in [1.165, 1.54) is 13.2 Å². The van der Waals surface area contributed by atoms with Crippen LogP contribution < -0.4 is 24.4 Å². The molecule has 0 spiro atoms. The minimum Gasteiger partial charge on any atom is -0.493 e. The van der Waals surface area contributed by atoms with E-state index >= 15 is 0 Å². The third-order valence-electron chi connectivity index (χ3n) is 5.61. The molecule has 190 valence electrons. The number of nitrogens with zero attached hydrogens (tertiary/aromatic N) is 1. The Kier molecular flexibility index (Phi) is 7.79. The van der Waals surface area contributed by atoms with Crippen LogP contribution in [0.1, 0.15) is 16.7 Å². The van der Waals surface area contributed by atoms with Gasteiger partial charge in [0.15, 0.2) is 11.5 Å². The van der Waals surface area contributed by atoms with Gasteiger partial charge in [-0.25, -0.2) is 9.69 Å². The van der Waals surface area contributed by atoms with Crippen LogP contribution in [0.25, 0.3) is 6.08 Å². The number of urea groups is 1. The molecule has 1 N–H and O–H groups in total. The molecule has 4 rings (SSSR count). The van der Waals surface area contributed by atoms with Gasteiger partial charge in [0.05, 0.1) is 17.8 Å². The number of para-hydroxylation sites is 1. The number of hydrogen-bond donors (Lipinski definition) is 1. The molecule has 0 unspecified atom stereocenters. The standard InChI is InChI=1S/C28H25ClN2O6/c1-17-7-6-9-20(13-17)31-27(33)21(26(32)30-28(31)34)14-19-15-22(29)25(24(16-19)35-3)37-12-11-36-23-10-5-4-8-18(23)2/h4-10,13-16H,11-12H2,1-3H3,(H,30,32,34)/b21-14+. The van der Waals surface area contributed by atoms with Gasteiger partial charge in [-0.2, -0.15) is 0 Å². The quantitative estimate of drug-likeness (QED) is 0.252. The summed E-state index contributed by atoms with van der Waals surface area (Å²) in [5.74, 6) is -0.174. The number of barbiturate groups is 1. The Morgan fingerprint density at radius 2 is 1.68 bits per heavy atom. The molecule has 0 radical (unpaired) electrons. The summed E-state index contributed by atoms with van der Waals surface area (Å²) < 4.78 is 17.0. The van der Waals surface area contributed by atoms with E-state index in [1.54, 1.807) is 30.3 Å². The maximum absolute atomic E-state index is 13.2. The van der Waals surface area contributed by atoms with Crippen LogP contribution in [0.4, 0.5) is 10.5 Å². The lowest BCUT2D eigenvalue weighted by molar-refractivity contribution is -0.122. The molecular formula is C28H25ClN2O6. The Morgan fingerprint density at radius 3 is 2.41 bits per heavy atom. The monoisotopic (exact) mass is 520 g/mol. The molecule has 8 nitrogen and oxygen atoms in total. The first-order chi connectivity index (χ1) is 17.8. The van der Waals surface area contributed by atoms with Gasteiger partial charge >= 0.3 is 6.03 Å². The zero-order chi connectivity index (χ0) is 26.5. The van der Waals surface area contributed by atoms with Crippen molar-refractivity contribution in [1.82, 2.24) is 5.32 Å². The number of nitrogens with one attached hydrogen (secondary N) is 1. The summed E-state index contributed by atoms with van der Waals surface area (Å²) >= 11 is 6.47. The second kappa shape index (κ2) is 11.2. The van der Waals surface area contributed by atoms with Gasteiger partial charge in [-0.3, -0.25) is 14.9 Å². The number of amides is 4. The normalized spacial score (nSPS) is 14.5. The third kappa shape index (κ3) is 5.76. The van der Waals surface area contributed by atoms with Crippen LogP contribution in [-0.2, 0) is 9.59 Å². The molecule has 0 aliphatic carbocycles. The number of rotatable bonds is 8. The minimum atomic E-state index is -0.815. The molecule has 1 aliphatic heterocycles. The molecule has 0 bridgehead atoms. The van der Waals surface area contributed by atoms with Gasteiger partial charge in [-0.1, -0.05) is 41.9 Å². The van der Waals surface area contributed by atoms with Crippen molar-refractivity contribution in [3.05, 3.63) is 87.9 Å². The SMILES string of the molecule is COc1cc(/C=C2\C(=O)NC(=O)N(c3cccc(C)c3)C2=O)cc(Cl)c1OCCOc1ccccc1C. The summed E-state index contributed by atoms with van der Waals surface area (Å²) in [5.41, 5.74) is 2.42. The number of hydrogen-bond acceptors (Lipinski definition) is 6. The van der Waals surface area contributed by atoms with E-state index in [0.717, 1.165) is 21.8 Å². The van der Waals surface area contributed by atoms with Crippen LogP contribution in [0.3, 0.4) is 0 Å². The Morgan fingerprint density at radius 1 is 0.919 bits per heavy atom. The van der Waals surface area contributed by atoms with E-state index in [0.29, 0.717) is 22.7 Å². The van der Waals surface area contributed by atoms with Gasteiger partial charge in [-0.05, 0) is 66.9 Å². The molecule has 0 aromatic heterocycles. The predicted octanol–water partition coefficient (Wildman–Crippen LogP) is 5.09. The molecule has 37 heavy (non-hydrogen) atoms. The number of carbonyl (C=O) groups excluding carboxylic acids is 3. The predicted molar refractivity (Wildman–Crippen MR) is 140 cm³/mol. The van der Waals surface area contributed by atoms with E-state index in [2.05, 4.69) is 5.32 Å².